The molecule has 0 aromatic carbocycles. The van der Waals surface area contributed by atoms with Crippen molar-refractivity contribution in [2.24, 2.45) is 5.41 Å². The number of carbonyl (C=O) groups excluding carboxylic acids is 1. The van der Waals surface area contributed by atoms with Crippen LogP contribution in [0.15, 0.2) is 0 Å². The fourth-order valence-corrected chi connectivity index (χ4v) is 1.56. The predicted octanol–water partition coefficient (Wildman–Crippen LogP) is 2.27. The number of rotatable bonds is 0. The lowest BCUT2D eigenvalue weighted by Crippen LogP contribution is -2.36. The first-order valence-corrected chi connectivity index (χ1v) is 5.21. The Balaban J connectivity index is 2.56. The van der Waals surface area contributed by atoms with Crippen LogP contribution in [0.4, 0.5) is 4.79 Å². The number of nitrogens with zero attached hydrogens (tertiary/aromatic N) is 1. The normalized spacial score (nSPS) is 26.2. The van der Waals surface area contributed by atoms with Crippen molar-refractivity contribution in [1.29, 1.82) is 0 Å². The molecule has 0 N–H and O–H groups in total. The van der Waals surface area contributed by atoms with Crippen LogP contribution in [0.25, 0.3) is 0 Å². The van der Waals surface area contributed by atoms with Gasteiger partial charge in [-0.2, -0.15) is 0 Å². The summed E-state index contributed by atoms with van der Waals surface area (Å²) in [5.74, 6) is 2.74. The molecule has 0 spiro atoms. The molecule has 3 nitrogen and oxygen atoms in total. The minimum Gasteiger partial charge on any atom is -0.444 e. The number of terminal acetylenes is 1. The largest absolute Gasteiger partial charge is 0.444 e. The molecule has 1 aliphatic heterocycles. The summed E-state index contributed by atoms with van der Waals surface area (Å²) in [5.41, 5.74) is -0.622. The fourth-order valence-electron chi connectivity index (χ4n) is 1.56. The molecule has 1 saturated heterocycles. The van der Waals surface area contributed by atoms with Gasteiger partial charge in [0, 0.05) is 18.5 Å². The average molecular weight is 209 g/mol. The molecule has 0 aromatic heterocycles. The van der Waals surface area contributed by atoms with E-state index in [1.54, 1.807) is 4.90 Å². The Hall–Kier alpha value is -1.17. The maximum absolute atomic E-state index is 11.7. The van der Waals surface area contributed by atoms with E-state index >= 15 is 0 Å². The van der Waals surface area contributed by atoms with Crippen LogP contribution in [0.3, 0.4) is 0 Å². The Morgan fingerprint density at radius 3 is 2.53 bits per heavy atom. The Bertz CT molecular complexity index is 298. The number of hydrogen-bond donors (Lipinski definition) is 0. The number of hydrogen-bond acceptors (Lipinski definition) is 2. The molecule has 3 heteroatoms. The lowest BCUT2D eigenvalue weighted by molar-refractivity contribution is 0.0283. The van der Waals surface area contributed by atoms with Gasteiger partial charge in [-0.1, -0.05) is 5.92 Å². The smallest absolute Gasteiger partial charge is 0.410 e. The summed E-state index contributed by atoms with van der Waals surface area (Å²) in [6, 6.07) is 0. The highest BCUT2D eigenvalue weighted by Gasteiger charge is 2.36. The number of likely N-dealkylation sites (tertiary alicyclic amines) is 1. The van der Waals surface area contributed by atoms with Crippen molar-refractivity contribution in [1.82, 2.24) is 4.90 Å². The van der Waals surface area contributed by atoms with E-state index in [4.69, 9.17) is 11.2 Å². The molecule has 0 saturated carbocycles. The highest BCUT2D eigenvalue weighted by atomic mass is 16.6. The summed E-state index contributed by atoms with van der Waals surface area (Å²) >= 11 is 0. The maximum Gasteiger partial charge on any atom is 0.410 e. The van der Waals surface area contributed by atoms with E-state index in [9.17, 15) is 4.79 Å². The number of ether oxygens (including phenoxy) is 1. The van der Waals surface area contributed by atoms with Gasteiger partial charge >= 0.3 is 6.09 Å². The Morgan fingerprint density at radius 2 is 2.13 bits per heavy atom. The molecule has 0 bridgehead atoms. The predicted molar refractivity (Wildman–Crippen MR) is 59.4 cm³/mol. The number of carbonyl (C=O) groups is 1. The van der Waals surface area contributed by atoms with E-state index in [1.165, 1.54) is 0 Å². The van der Waals surface area contributed by atoms with Crippen LogP contribution in [0.2, 0.25) is 0 Å². The Kier molecular flexibility index (Phi) is 2.99. The van der Waals surface area contributed by atoms with Gasteiger partial charge in [-0.3, -0.25) is 0 Å². The average Bonchev–Trinajstić information content (AvgIpc) is 2.46. The van der Waals surface area contributed by atoms with Crippen LogP contribution in [-0.4, -0.2) is 29.7 Å². The second-order valence-corrected chi connectivity index (χ2v) is 5.36. The molecule has 84 valence electrons. The van der Waals surface area contributed by atoms with E-state index in [0.29, 0.717) is 13.1 Å². The van der Waals surface area contributed by atoms with Crippen molar-refractivity contribution >= 4 is 6.09 Å². The Morgan fingerprint density at radius 1 is 1.53 bits per heavy atom. The monoisotopic (exact) mass is 209 g/mol. The minimum atomic E-state index is -0.438. The van der Waals surface area contributed by atoms with Gasteiger partial charge in [0.05, 0.1) is 0 Å². The van der Waals surface area contributed by atoms with Crippen LogP contribution < -0.4 is 0 Å². The third kappa shape index (κ3) is 3.16. The second-order valence-electron chi connectivity index (χ2n) is 5.36. The minimum absolute atomic E-state index is 0.184. The summed E-state index contributed by atoms with van der Waals surface area (Å²) < 4.78 is 5.28. The van der Waals surface area contributed by atoms with Crippen LogP contribution in [0.1, 0.15) is 34.1 Å². The molecular weight excluding hydrogens is 190 g/mol. The molecular formula is C12H19NO2. The third-order valence-corrected chi connectivity index (χ3v) is 2.47. The summed E-state index contributed by atoms with van der Waals surface area (Å²) in [5, 5.41) is 0. The fraction of sp³-hybridized carbons (Fsp3) is 0.750. The molecule has 0 aromatic rings. The van der Waals surface area contributed by atoms with Gasteiger partial charge in [0.25, 0.3) is 0 Å². The molecule has 1 rings (SSSR count). The van der Waals surface area contributed by atoms with Gasteiger partial charge < -0.3 is 9.64 Å². The van der Waals surface area contributed by atoms with Gasteiger partial charge in [0.1, 0.15) is 5.60 Å². The van der Waals surface area contributed by atoms with Crippen LogP contribution in [0, 0.1) is 17.8 Å². The highest BCUT2D eigenvalue weighted by molar-refractivity contribution is 5.68. The molecule has 0 unspecified atom stereocenters. The van der Waals surface area contributed by atoms with Crippen molar-refractivity contribution < 1.29 is 9.53 Å². The van der Waals surface area contributed by atoms with E-state index < -0.39 is 5.60 Å². The van der Waals surface area contributed by atoms with Crippen LogP contribution >= 0.6 is 0 Å². The summed E-state index contributed by atoms with van der Waals surface area (Å²) in [6.45, 7) is 8.87. The summed E-state index contributed by atoms with van der Waals surface area (Å²) in [6.07, 6.45) is 6.02. The Labute approximate surface area is 91.8 Å². The van der Waals surface area contributed by atoms with E-state index in [0.717, 1.165) is 6.42 Å². The zero-order chi connectivity index (χ0) is 11.7. The van der Waals surface area contributed by atoms with Gasteiger partial charge in [-0.25, -0.2) is 4.79 Å². The lowest BCUT2D eigenvalue weighted by Gasteiger charge is -2.25. The van der Waals surface area contributed by atoms with Gasteiger partial charge in [0.15, 0.2) is 0 Å². The first-order chi connectivity index (χ1) is 6.76. The standard InChI is InChI=1S/C12H19NO2/c1-6-12(5)7-8-13(9-12)10(14)15-11(2,3)4/h1H,7-9H2,2-5H3/t12-/m1/s1. The highest BCUT2D eigenvalue weighted by Crippen LogP contribution is 2.29. The van der Waals surface area contributed by atoms with Crippen LogP contribution in [0.5, 0.6) is 0 Å². The van der Waals surface area contributed by atoms with Gasteiger partial charge in [-0.15, -0.1) is 6.42 Å². The molecule has 15 heavy (non-hydrogen) atoms. The van der Waals surface area contributed by atoms with Gasteiger partial charge in [-0.05, 0) is 34.1 Å². The van der Waals surface area contributed by atoms with Crippen molar-refractivity contribution in [3.05, 3.63) is 0 Å². The van der Waals surface area contributed by atoms with Crippen LogP contribution in [-0.2, 0) is 4.74 Å². The maximum atomic E-state index is 11.7. The molecule has 1 atom stereocenters. The molecule has 1 fully saturated rings. The molecule has 0 aliphatic carbocycles. The van der Waals surface area contributed by atoms with Crippen molar-refractivity contribution in [2.75, 3.05) is 13.1 Å². The van der Waals surface area contributed by atoms with E-state index in [1.807, 2.05) is 27.7 Å². The zero-order valence-corrected chi connectivity index (χ0v) is 9.96. The lowest BCUT2D eigenvalue weighted by atomic mass is 9.91. The van der Waals surface area contributed by atoms with Crippen molar-refractivity contribution in [2.45, 2.75) is 39.7 Å². The van der Waals surface area contributed by atoms with Gasteiger partial charge in [0.2, 0.25) is 0 Å². The number of amides is 1. The molecule has 0 radical (unpaired) electrons. The summed E-state index contributed by atoms with van der Waals surface area (Å²) in [7, 11) is 0. The first-order valence-electron chi connectivity index (χ1n) is 5.21. The van der Waals surface area contributed by atoms with E-state index in [-0.39, 0.29) is 11.5 Å². The zero-order valence-electron chi connectivity index (χ0n) is 9.96. The molecule has 1 amide bonds. The first kappa shape index (κ1) is 11.9. The second kappa shape index (κ2) is 3.77. The SMILES string of the molecule is C#C[C@]1(C)CCN(C(=O)OC(C)(C)C)C1. The third-order valence-electron chi connectivity index (χ3n) is 2.47. The van der Waals surface area contributed by atoms with E-state index in [2.05, 4.69) is 5.92 Å². The molecule has 1 aliphatic rings. The quantitative estimate of drug-likeness (QED) is 0.573. The topological polar surface area (TPSA) is 29.5 Å². The summed E-state index contributed by atoms with van der Waals surface area (Å²) in [4.78, 5) is 13.4. The van der Waals surface area contributed by atoms with Crippen molar-refractivity contribution in [3.8, 4) is 12.3 Å². The molecule has 1 heterocycles. The van der Waals surface area contributed by atoms with Crippen molar-refractivity contribution in [3.63, 3.8) is 0 Å².